The molecule has 1 aliphatic heterocycles. The van der Waals surface area contributed by atoms with E-state index in [1.807, 2.05) is 48.2 Å². The van der Waals surface area contributed by atoms with Gasteiger partial charge in [-0.3, -0.25) is 9.59 Å². The molecule has 1 saturated carbocycles. The number of ketones is 1. The Balaban J connectivity index is 1.43. The van der Waals surface area contributed by atoms with E-state index in [9.17, 15) is 9.59 Å². The highest BCUT2D eigenvalue weighted by atomic mass is 16.2. The Kier molecular flexibility index (Phi) is 2.64. The zero-order valence-electron chi connectivity index (χ0n) is 15.0. The topological polar surface area (TPSA) is 53.2 Å². The molecule has 1 N–H and O–H groups in total. The van der Waals surface area contributed by atoms with Crippen LogP contribution in [0.1, 0.15) is 38.4 Å². The predicted molar refractivity (Wildman–Crippen MR) is 103 cm³/mol. The molecular formula is C23H18N2O2. The van der Waals surface area contributed by atoms with Gasteiger partial charge in [0.25, 0.3) is 5.91 Å². The highest BCUT2D eigenvalue weighted by molar-refractivity contribution is 6.10. The number of nitrogens with zero attached hydrogens (tertiary/aromatic N) is 1. The lowest BCUT2D eigenvalue weighted by Gasteiger charge is -2.29. The molecule has 3 aliphatic rings. The number of carbonyl (C=O) groups excluding carboxylic acids is 2. The zero-order chi connectivity index (χ0) is 18.3. The van der Waals surface area contributed by atoms with Crippen LogP contribution in [0, 0.1) is 12.8 Å². The van der Waals surface area contributed by atoms with Gasteiger partial charge in [0.2, 0.25) is 0 Å². The normalized spacial score (nSPS) is 25.1. The second-order valence-corrected chi connectivity index (χ2v) is 8.00. The summed E-state index contributed by atoms with van der Waals surface area (Å²) in [7, 11) is 0. The summed E-state index contributed by atoms with van der Waals surface area (Å²) in [6.45, 7) is 2.72. The predicted octanol–water partition coefficient (Wildman–Crippen LogP) is 3.97. The van der Waals surface area contributed by atoms with E-state index in [4.69, 9.17) is 0 Å². The number of nitrogens with one attached hydrogen (secondary N) is 1. The highest BCUT2D eigenvalue weighted by Crippen LogP contribution is 2.66. The SMILES string of the molecule is Cc1ccc2cc(C(=O)N3C[C@H]4C[C@@]45C3=CC(=O)c3ccccc35)[nH]c2c1. The Labute approximate surface area is 156 Å². The number of allylic oxidation sites excluding steroid dienone is 2. The van der Waals surface area contributed by atoms with Crippen molar-refractivity contribution in [2.45, 2.75) is 18.8 Å². The van der Waals surface area contributed by atoms with Gasteiger partial charge in [0.1, 0.15) is 5.69 Å². The van der Waals surface area contributed by atoms with Gasteiger partial charge < -0.3 is 9.88 Å². The van der Waals surface area contributed by atoms with Crippen LogP contribution in [0.4, 0.5) is 0 Å². The number of likely N-dealkylation sites (tertiary alicyclic amines) is 1. The molecule has 2 heterocycles. The zero-order valence-corrected chi connectivity index (χ0v) is 15.0. The molecule has 1 amide bonds. The second kappa shape index (κ2) is 4.77. The fraction of sp³-hybridized carbons (Fsp3) is 0.217. The number of hydrogen-bond acceptors (Lipinski definition) is 2. The largest absolute Gasteiger partial charge is 0.351 e. The molecule has 1 spiro atoms. The summed E-state index contributed by atoms with van der Waals surface area (Å²) in [5.74, 6) is 0.367. The van der Waals surface area contributed by atoms with Crippen molar-refractivity contribution in [1.29, 1.82) is 0 Å². The molecular weight excluding hydrogens is 336 g/mol. The maximum atomic E-state index is 13.3. The smallest absolute Gasteiger partial charge is 0.274 e. The third kappa shape index (κ3) is 1.82. The number of aromatic nitrogens is 1. The number of aryl methyl sites for hydroxylation is 1. The van der Waals surface area contributed by atoms with Gasteiger partial charge in [0.05, 0.1) is 0 Å². The van der Waals surface area contributed by atoms with Gasteiger partial charge in [0.15, 0.2) is 5.78 Å². The first-order chi connectivity index (χ1) is 13.1. The van der Waals surface area contributed by atoms with Gasteiger partial charge in [-0.2, -0.15) is 0 Å². The van der Waals surface area contributed by atoms with Crippen LogP contribution in [0.25, 0.3) is 10.9 Å². The van der Waals surface area contributed by atoms with Gasteiger partial charge >= 0.3 is 0 Å². The summed E-state index contributed by atoms with van der Waals surface area (Å²) in [6, 6.07) is 15.9. The van der Waals surface area contributed by atoms with Crippen molar-refractivity contribution in [3.63, 3.8) is 0 Å². The van der Waals surface area contributed by atoms with Crippen molar-refractivity contribution in [3.05, 3.63) is 82.7 Å². The number of aromatic amines is 1. The molecule has 0 unspecified atom stereocenters. The van der Waals surface area contributed by atoms with Crippen molar-refractivity contribution >= 4 is 22.6 Å². The van der Waals surface area contributed by atoms with E-state index in [-0.39, 0.29) is 17.1 Å². The quantitative estimate of drug-likeness (QED) is 0.719. The third-order valence-corrected chi connectivity index (χ3v) is 6.45. The molecule has 132 valence electrons. The van der Waals surface area contributed by atoms with Gasteiger partial charge in [0, 0.05) is 40.2 Å². The number of benzene rings is 2. The standard InChI is InChI=1S/C23H18N2O2/c1-13-6-7-14-9-19(24-18(14)8-13)22(27)25-12-15-11-23(15)17-5-3-2-4-16(17)20(26)10-21(23)25/h2-10,15,24H,11-12H2,1H3/t15-,23-/m1/s1. The molecule has 27 heavy (non-hydrogen) atoms. The first-order valence-electron chi connectivity index (χ1n) is 9.35. The fourth-order valence-electron chi connectivity index (χ4n) is 5.08. The van der Waals surface area contributed by atoms with E-state index in [0.29, 0.717) is 18.2 Å². The Morgan fingerprint density at radius 2 is 2.04 bits per heavy atom. The molecule has 2 atom stereocenters. The van der Waals surface area contributed by atoms with Crippen LogP contribution < -0.4 is 0 Å². The summed E-state index contributed by atoms with van der Waals surface area (Å²) in [4.78, 5) is 31.0. The molecule has 2 aliphatic carbocycles. The summed E-state index contributed by atoms with van der Waals surface area (Å²) < 4.78 is 0. The summed E-state index contributed by atoms with van der Waals surface area (Å²) >= 11 is 0. The maximum absolute atomic E-state index is 13.3. The van der Waals surface area contributed by atoms with Crippen LogP contribution in [0.2, 0.25) is 0 Å². The minimum Gasteiger partial charge on any atom is -0.351 e. The van der Waals surface area contributed by atoms with Gasteiger partial charge in [-0.1, -0.05) is 36.4 Å². The summed E-state index contributed by atoms with van der Waals surface area (Å²) in [5.41, 5.74) is 5.34. The molecule has 0 bridgehead atoms. The Bertz CT molecular complexity index is 1200. The average molecular weight is 354 g/mol. The van der Waals surface area contributed by atoms with Crippen molar-refractivity contribution in [2.24, 2.45) is 5.92 Å². The van der Waals surface area contributed by atoms with E-state index in [2.05, 4.69) is 17.1 Å². The first kappa shape index (κ1) is 15.0. The number of carbonyl (C=O) groups is 2. The highest BCUT2D eigenvalue weighted by Gasteiger charge is 2.67. The molecule has 1 saturated heterocycles. The molecule has 6 rings (SSSR count). The van der Waals surface area contributed by atoms with Crippen molar-refractivity contribution < 1.29 is 9.59 Å². The van der Waals surface area contributed by atoms with Crippen LogP contribution in [-0.2, 0) is 5.41 Å². The first-order valence-corrected chi connectivity index (χ1v) is 9.35. The van der Waals surface area contributed by atoms with Crippen LogP contribution in [0.15, 0.2) is 60.3 Å². The molecule has 2 aromatic carbocycles. The van der Waals surface area contributed by atoms with E-state index in [1.54, 1.807) is 6.08 Å². The van der Waals surface area contributed by atoms with Crippen molar-refractivity contribution in [2.75, 3.05) is 6.54 Å². The second-order valence-electron chi connectivity index (χ2n) is 8.00. The number of rotatable bonds is 1. The number of fused-ring (bicyclic) bond motifs is 2. The monoisotopic (exact) mass is 354 g/mol. The number of H-pyrrole nitrogens is 1. The van der Waals surface area contributed by atoms with Crippen LogP contribution in [-0.4, -0.2) is 28.1 Å². The van der Waals surface area contributed by atoms with Gasteiger partial charge in [-0.05, 0) is 42.5 Å². The summed E-state index contributed by atoms with van der Waals surface area (Å²) in [6.07, 6.45) is 2.72. The lowest BCUT2D eigenvalue weighted by Crippen LogP contribution is -2.33. The number of hydrogen-bond donors (Lipinski definition) is 1. The molecule has 3 aromatic rings. The Hall–Kier alpha value is -3.14. The van der Waals surface area contributed by atoms with E-state index in [1.165, 1.54) is 0 Å². The molecule has 4 nitrogen and oxygen atoms in total. The van der Waals surface area contributed by atoms with Crippen LogP contribution >= 0.6 is 0 Å². The third-order valence-electron chi connectivity index (χ3n) is 6.45. The van der Waals surface area contributed by atoms with Gasteiger partial charge in [-0.15, -0.1) is 0 Å². The van der Waals surface area contributed by atoms with E-state index in [0.717, 1.165) is 39.7 Å². The lowest BCUT2D eigenvalue weighted by atomic mass is 9.81. The Morgan fingerprint density at radius 3 is 2.93 bits per heavy atom. The minimum absolute atomic E-state index is 0.00356. The molecule has 0 radical (unpaired) electrons. The lowest BCUT2D eigenvalue weighted by molar-refractivity contribution is 0.0806. The van der Waals surface area contributed by atoms with Gasteiger partial charge in [-0.25, -0.2) is 0 Å². The van der Waals surface area contributed by atoms with Crippen LogP contribution in [0.5, 0.6) is 0 Å². The fourth-order valence-corrected chi connectivity index (χ4v) is 5.08. The Morgan fingerprint density at radius 1 is 1.19 bits per heavy atom. The molecule has 4 heteroatoms. The average Bonchev–Trinajstić information content (AvgIpc) is 3.06. The van der Waals surface area contributed by atoms with Crippen molar-refractivity contribution in [3.8, 4) is 0 Å². The number of piperidine rings is 1. The minimum atomic E-state index is -0.136. The van der Waals surface area contributed by atoms with E-state index < -0.39 is 0 Å². The van der Waals surface area contributed by atoms with E-state index >= 15 is 0 Å². The maximum Gasteiger partial charge on any atom is 0.274 e. The number of amides is 1. The molecule has 2 fully saturated rings. The van der Waals surface area contributed by atoms with Crippen molar-refractivity contribution in [1.82, 2.24) is 9.88 Å². The van der Waals surface area contributed by atoms with Crippen LogP contribution in [0.3, 0.4) is 0 Å². The summed E-state index contributed by atoms with van der Waals surface area (Å²) in [5, 5.41) is 1.03. The molecule has 1 aromatic heterocycles.